The summed E-state index contributed by atoms with van der Waals surface area (Å²) in [4.78, 5) is 19.9. The number of nitrogens with one attached hydrogen (secondary N) is 3. The molecule has 3 aromatic rings. The molecule has 124 valence electrons. The second-order valence-electron chi connectivity index (χ2n) is 5.79. The number of aromatic amines is 1. The Morgan fingerprint density at radius 3 is 2.46 bits per heavy atom. The summed E-state index contributed by atoms with van der Waals surface area (Å²) in [5, 5.41) is 5.83. The molecule has 0 fully saturated rings. The van der Waals surface area contributed by atoms with E-state index in [2.05, 4.69) is 34.4 Å². The summed E-state index contributed by atoms with van der Waals surface area (Å²) in [6, 6.07) is 15.6. The summed E-state index contributed by atoms with van der Waals surface area (Å²) >= 11 is 0. The Labute approximate surface area is 141 Å². The third-order valence-electron chi connectivity index (χ3n) is 4.13. The van der Waals surface area contributed by atoms with Gasteiger partial charge in [-0.05, 0) is 49.2 Å². The lowest BCUT2D eigenvalue weighted by atomic mass is 10.2. The summed E-state index contributed by atoms with van der Waals surface area (Å²) in [5.41, 5.74) is 3.70. The summed E-state index contributed by atoms with van der Waals surface area (Å²) in [7, 11) is 0. The Bertz CT molecular complexity index is 786. The van der Waals surface area contributed by atoms with E-state index in [1.165, 1.54) is 0 Å². The van der Waals surface area contributed by atoms with E-state index in [9.17, 15) is 4.79 Å². The number of aromatic nitrogens is 2. The van der Waals surface area contributed by atoms with Crippen LogP contribution in [0.1, 0.15) is 26.7 Å². The number of imidazole rings is 1. The minimum Gasteiger partial charge on any atom is -0.338 e. The number of anilines is 1. The van der Waals surface area contributed by atoms with Crippen LogP contribution in [0, 0.1) is 0 Å². The van der Waals surface area contributed by atoms with Gasteiger partial charge >= 0.3 is 6.03 Å². The van der Waals surface area contributed by atoms with Gasteiger partial charge in [0.25, 0.3) is 0 Å². The van der Waals surface area contributed by atoms with E-state index >= 15 is 0 Å². The van der Waals surface area contributed by atoms with Crippen LogP contribution < -0.4 is 10.6 Å². The van der Waals surface area contributed by atoms with Gasteiger partial charge in [0, 0.05) is 17.3 Å². The highest BCUT2D eigenvalue weighted by atomic mass is 16.2. The molecule has 0 radical (unpaired) electrons. The van der Waals surface area contributed by atoms with E-state index in [0.29, 0.717) is 0 Å². The van der Waals surface area contributed by atoms with Crippen LogP contribution in [0.25, 0.3) is 22.4 Å². The van der Waals surface area contributed by atoms with E-state index in [-0.39, 0.29) is 12.1 Å². The molecule has 3 rings (SSSR count). The van der Waals surface area contributed by atoms with Gasteiger partial charge in [0.15, 0.2) is 0 Å². The fourth-order valence-corrected chi connectivity index (χ4v) is 2.65. The van der Waals surface area contributed by atoms with Crippen molar-refractivity contribution in [1.82, 2.24) is 15.3 Å². The van der Waals surface area contributed by atoms with Crippen LogP contribution in [0.3, 0.4) is 0 Å². The van der Waals surface area contributed by atoms with Crippen molar-refractivity contribution in [2.45, 2.75) is 32.7 Å². The van der Waals surface area contributed by atoms with Crippen molar-refractivity contribution >= 4 is 22.8 Å². The lowest BCUT2D eigenvalue weighted by Gasteiger charge is -2.15. The molecule has 1 aromatic heterocycles. The Morgan fingerprint density at radius 2 is 1.79 bits per heavy atom. The number of nitrogens with zero attached hydrogens (tertiary/aromatic N) is 1. The van der Waals surface area contributed by atoms with E-state index in [0.717, 1.165) is 41.0 Å². The number of rotatable bonds is 5. The molecule has 24 heavy (non-hydrogen) atoms. The second-order valence-corrected chi connectivity index (χ2v) is 5.79. The van der Waals surface area contributed by atoms with E-state index in [4.69, 9.17) is 0 Å². The van der Waals surface area contributed by atoms with Crippen LogP contribution in [0.15, 0.2) is 48.5 Å². The zero-order valence-electron chi connectivity index (χ0n) is 14.0. The molecule has 0 spiro atoms. The Morgan fingerprint density at radius 1 is 1.08 bits per heavy atom. The second kappa shape index (κ2) is 7.17. The van der Waals surface area contributed by atoms with E-state index in [1.54, 1.807) is 0 Å². The number of fused-ring (bicyclic) bond motifs is 1. The fraction of sp³-hybridized carbons (Fsp3) is 0.263. The highest BCUT2D eigenvalue weighted by molar-refractivity contribution is 5.89. The van der Waals surface area contributed by atoms with Crippen molar-refractivity contribution in [2.75, 3.05) is 5.32 Å². The molecule has 3 N–H and O–H groups in total. The van der Waals surface area contributed by atoms with Crippen molar-refractivity contribution in [3.63, 3.8) is 0 Å². The molecule has 5 nitrogen and oxygen atoms in total. The average molecular weight is 322 g/mol. The number of benzene rings is 2. The maximum absolute atomic E-state index is 12.0. The summed E-state index contributed by atoms with van der Waals surface area (Å²) in [6.07, 6.45) is 1.85. The summed E-state index contributed by atoms with van der Waals surface area (Å²) in [5.74, 6) is 0.823. The van der Waals surface area contributed by atoms with Crippen molar-refractivity contribution in [3.05, 3.63) is 48.5 Å². The number of carbonyl (C=O) groups is 1. The Hall–Kier alpha value is -2.82. The van der Waals surface area contributed by atoms with Crippen LogP contribution in [-0.4, -0.2) is 22.0 Å². The Kier molecular flexibility index (Phi) is 4.79. The van der Waals surface area contributed by atoms with Crippen LogP contribution in [-0.2, 0) is 0 Å². The molecule has 0 aliphatic carbocycles. The fourth-order valence-electron chi connectivity index (χ4n) is 2.65. The van der Waals surface area contributed by atoms with Gasteiger partial charge in [0.2, 0.25) is 0 Å². The van der Waals surface area contributed by atoms with E-state index in [1.807, 2.05) is 48.5 Å². The minimum atomic E-state index is -0.166. The molecule has 2 aromatic carbocycles. The number of hydrogen-bond acceptors (Lipinski definition) is 2. The van der Waals surface area contributed by atoms with Gasteiger partial charge in [0.1, 0.15) is 5.82 Å². The topological polar surface area (TPSA) is 69.8 Å². The number of para-hydroxylation sites is 2. The number of H-pyrrole nitrogens is 1. The first-order chi connectivity index (χ1) is 11.7. The Balaban J connectivity index is 1.70. The highest BCUT2D eigenvalue weighted by Crippen LogP contribution is 2.22. The van der Waals surface area contributed by atoms with Crippen molar-refractivity contribution in [2.24, 2.45) is 0 Å². The highest BCUT2D eigenvalue weighted by Gasteiger charge is 2.09. The first kappa shape index (κ1) is 16.1. The van der Waals surface area contributed by atoms with Crippen LogP contribution in [0.2, 0.25) is 0 Å². The molecule has 2 amide bonds. The van der Waals surface area contributed by atoms with Gasteiger partial charge in [0.05, 0.1) is 11.0 Å². The largest absolute Gasteiger partial charge is 0.338 e. The van der Waals surface area contributed by atoms with Crippen molar-refractivity contribution in [1.29, 1.82) is 0 Å². The number of amides is 2. The molecule has 0 unspecified atom stereocenters. The molecule has 0 aliphatic rings. The normalized spacial score (nSPS) is 11.0. The van der Waals surface area contributed by atoms with Gasteiger partial charge in [-0.2, -0.15) is 0 Å². The van der Waals surface area contributed by atoms with E-state index < -0.39 is 0 Å². The van der Waals surface area contributed by atoms with Gasteiger partial charge in [-0.15, -0.1) is 0 Å². The molecule has 0 aliphatic heterocycles. The predicted molar refractivity (Wildman–Crippen MR) is 98.1 cm³/mol. The van der Waals surface area contributed by atoms with Crippen molar-refractivity contribution in [3.8, 4) is 11.4 Å². The van der Waals surface area contributed by atoms with Gasteiger partial charge < -0.3 is 15.6 Å². The third kappa shape index (κ3) is 3.56. The molecule has 5 heteroatoms. The lowest BCUT2D eigenvalue weighted by molar-refractivity contribution is 0.247. The zero-order valence-corrected chi connectivity index (χ0v) is 14.0. The third-order valence-corrected chi connectivity index (χ3v) is 4.13. The summed E-state index contributed by atoms with van der Waals surface area (Å²) in [6.45, 7) is 4.13. The molecule has 0 saturated heterocycles. The first-order valence-electron chi connectivity index (χ1n) is 8.32. The quantitative estimate of drug-likeness (QED) is 0.645. The first-order valence-corrected chi connectivity index (χ1v) is 8.32. The standard InChI is InChI=1S/C19H22N4O/c1-3-14(4-2)20-19(24)21-15-11-9-13(10-12-15)18-22-16-7-5-6-8-17(16)23-18/h5-12,14H,3-4H2,1-2H3,(H,22,23)(H2,20,21,24). The monoisotopic (exact) mass is 322 g/mol. The predicted octanol–water partition coefficient (Wildman–Crippen LogP) is 4.54. The molecule has 0 saturated carbocycles. The molecular weight excluding hydrogens is 300 g/mol. The zero-order chi connectivity index (χ0) is 16.9. The van der Waals surface area contributed by atoms with Crippen LogP contribution >= 0.6 is 0 Å². The van der Waals surface area contributed by atoms with Crippen molar-refractivity contribution < 1.29 is 4.79 Å². The SMILES string of the molecule is CCC(CC)NC(=O)Nc1ccc(-c2nc3ccccc3[nH]2)cc1. The number of carbonyl (C=O) groups excluding carboxylic acids is 1. The lowest BCUT2D eigenvalue weighted by Crippen LogP contribution is -2.37. The van der Waals surface area contributed by atoms with Crippen LogP contribution in [0.5, 0.6) is 0 Å². The summed E-state index contributed by atoms with van der Waals surface area (Å²) < 4.78 is 0. The maximum Gasteiger partial charge on any atom is 0.319 e. The number of hydrogen-bond donors (Lipinski definition) is 3. The van der Waals surface area contributed by atoms with Gasteiger partial charge in [-0.25, -0.2) is 9.78 Å². The van der Waals surface area contributed by atoms with Gasteiger partial charge in [-0.3, -0.25) is 0 Å². The molecule has 1 heterocycles. The average Bonchev–Trinajstić information content (AvgIpc) is 3.04. The minimum absolute atomic E-state index is 0.166. The smallest absolute Gasteiger partial charge is 0.319 e. The van der Waals surface area contributed by atoms with Gasteiger partial charge in [-0.1, -0.05) is 26.0 Å². The maximum atomic E-state index is 12.0. The molecule has 0 atom stereocenters. The van der Waals surface area contributed by atoms with Crippen LogP contribution in [0.4, 0.5) is 10.5 Å². The number of urea groups is 1. The molecular formula is C19H22N4O. The molecule has 0 bridgehead atoms.